The Balaban J connectivity index is 2.06. The zero-order chi connectivity index (χ0) is 11.3. The molecule has 3 rings (SSSR count). The normalized spacial score (nSPS) is 24.6. The second-order valence-corrected chi connectivity index (χ2v) is 4.58. The summed E-state index contributed by atoms with van der Waals surface area (Å²) in [5, 5.41) is 0. The summed E-state index contributed by atoms with van der Waals surface area (Å²) in [5.74, 6) is 0.224. The average molecular weight is 218 g/mol. The molecule has 0 atom stereocenters. The summed E-state index contributed by atoms with van der Waals surface area (Å²) in [4.78, 5) is 11.3. The van der Waals surface area contributed by atoms with Crippen LogP contribution in [0.4, 0.5) is 0 Å². The van der Waals surface area contributed by atoms with Crippen molar-refractivity contribution >= 4 is 11.1 Å². The largest absolute Gasteiger partial charge is 0.419 e. The third-order valence-corrected chi connectivity index (χ3v) is 3.46. The number of hydrogen-bond donors (Lipinski definition) is 1. The van der Waals surface area contributed by atoms with E-state index >= 15 is 0 Å². The Morgan fingerprint density at radius 3 is 2.88 bits per heavy atom. The van der Waals surface area contributed by atoms with Gasteiger partial charge in [-0.05, 0) is 36.5 Å². The van der Waals surface area contributed by atoms with Crippen LogP contribution in [-0.2, 0) is 7.05 Å². The maximum Gasteiger partial charge on any atom is 0.419 e. The molecule has 0 radical (unpaired) electrons. The van der Waals surface area contributed by atoms with Gasteiger partial charge in [-0.2, -0.15) is 0 Å². The molecule has 0 aliphatic heterocycles. The number of fused-ring (bicyclic) bond motifs is 1. The number of hydrogen-bond acceptors (Lipinski definition) is 3. The fourth-order valence-electron chi connectivity index (χ4n) is 2.34. The van der Waals surface area contributed by atoms with Gasteiger partial charge in [0.2, 0.25) is 0 Å². The Bertz CT molecular complexity index is 591. The molecule has 0 unspecified atom stereocenters. The number of rotatable bonds is 1. The molecule has 1 aliphatic carbocycles. The Labute approximate surface area is 92.7 Å². The first kappa shape index (κ1) is 9.66. The quantitative estimate of drug-likeness (QED) is 0.785. The molecule has 1 aromatic heterocycles. The van der Waals surface area contributed by atoms with Crippen LogP contribution in [0.25, 0.3) is 11.1 Å². The van der Waals surface area contributed by atoms with E-state index in [0.717, 1.165) is 18.4 Å². The molecule has 1 aromatic carbocycles. The van der Waals surface area contributed by atoms with E-state index in [1.165, 1.54) is 10.1 Å². The van der Waals surface area contributed by atoms with Gasteiger partial charge >= 0.3 is 5.76 Å². The Morgan fingerprint density at radius 2 is 2.19 bits per heavy atom. The van der Waals surface area contributed by atoms with Crippen molar-refractivity contribution < 1.29 is 4.42 Å². The Hall–Kier alpha value is -1.55. The number of benzene rings is 1. The summed E-state index contributed by atoms with van der Waals surface area (Å²) in [6, 6.07) is 6.31. The third-order valence-electron chi connectivity index (χ3n) is 3.46. The molecule has 84 valence electrons. The van der Waals surface area contributed by atoms with Crippen molar-refractivity contribution in [2.45, 2.75) is 24.8 Å². The van der Waals surface area contributed by atoms with Gasteiger partial charge in [0.25, 0.3) is 0 Å². The second kappa shape index (κ2) is 3.22. The van der Waals surface area contributed by atoms with Crippen LogP contribution in [0, 0.1) is 0 Å². The molecule has 16 heavy (non-hydrogen) atoms. The summed E-state index contributed by atoms with van der Waals surface area (Å²) < 4.78 is 6.68. The van der Waals surface area contributed by atoms with Gasteiger partial charge in [0.15, 0.2) is 5.58 Å². The first-order chi connectivity index (χ1) is 7.65. The Kier molecular flexibility index (Phi) is 1.94. The smallest absolute Gasteiger partial charge is 0.408 e. The Morgan fingerprint density at radius 1 is 1.44 bits per heavy atom. The van der Waals surface area contributed by atoms with E-state index in [-0.39, 0.29) is 5.76 Å². The number of aromatic nitrogens is 1. The van der Waals surface area contributed by atoms with Crippen molar-refractivity contribution in [1.29, 1.82) is 0 Å². The minimum absolute atomic E-state index is 0.308. The molecule has 1 aliphatic rings. The highest BCUT2D eigenvalue weighted by Gasteiger charge is 2.27. The summed E-state index contributed by atoms with van der Waals surface area (Å²) in [7, 11) is 1.72. The number of aryl methyl sites for hydroxylation is 1. The average Bonchev–Trinajstić information content (AvgIpc) is 2.50. The first-order valence-corrected chi connectivity index (χ1v) is 5.50. The fraction of sp³-hybridized carbons (Fsp3) is 0.417. The second-order valence-electron chi connectivity index (χ2n) is 4.58. The lowest BCUT2D eigenvalue weighted by atomic mass is 9.76. The maximum atomic E-state index is 11.3. The SMILES string of the molecule is Cn1c(=O)oc2cc(C3CC(N)C3)ccc21. The van der Waals surface area contributed by atoms with Crippen LogP contribution in [0.1, 0.15) is 24.3 Å². The molecule has 4 nitrogen and oxygen atoms in total. The molecule has 1 fully saturated rings. The van der Waals surface area contributed by atoms with E-state index in [1.54, 1.807) is 7.05 Å². The summed E-state index contributed by atoms with van der Waals surface area (Å²) in [5.41, 5.74) is 8.51. The van der Waals surface area contributed by atoms with Gasteiger partial charge in [0, 0.05) is 13.1 Å². The topological polar surface area (TPSA) is 61.2 Å². The van der Waals surface area contributed by atoms with Gasteiger partial charge in [0.1, 0.15) is 0 Å². The number of nitrogens with two attached hydrogens (primary N) is 1. The number of oxazole rings is 1. The van der Waals surface area contributed by atoms with Crippen molar-refractivity contribution in [3.8, 4) is 0 Å². The minimum atomic E-state index is -0.308. The molecule has 0 bridgehead atoms. The standard InChI is InChI=1S/C12H14N2O2/c1-14-10-3-2-7(8-4-9(13)5-8)6-11(10)16-12(14)15/h2-3,6,8-9H,4-5,13H2,1H3. The van der Waals surface area contributed by atoms with Gasteiger partial charge in [-0.1, -0.05) is 6.07 Å². The van der Waals surface area contributed by atoms with Crippen LogP contribution >= 0.6 is 0 Å². The zero-order valence-electron chi connectivity index (χ0n) is 9.14. The summed E-state index contributed by atoms with van der Waals surface area (Å²) >= 11 is 0. The van der Waals surface area contributed by atoms with E-state index in [2.05, 4.69) is 6.07 Å². The monoisotopic (exact) mass is 218 g/mol. The molecule has 1 heterocycles. The van der Waals surface area contributed by atoms with Crippen molar-refractivity contribution in [1.82, 2.24) is 4.57 Å². The number of nitrogens with zero attached hydrogens (tertiary/aromatic N) is 1. The molecule has 2 aromatic rings. The van der Waals surface area contributed by atoms with E-state index in [1.807, 2.05) is 12.1 Å². The van der Waals surface area contributed by atoms with Crippen LogP contribution in [0.15, 0.2) is 27.4 Å². The van der Waals surface area contributed by atoms with Crippen molar-refractivity contribution in [3.63, 3.8) is 0 Å². The maximum absolute atomic E-state index is 11.3. The third kappa shape index (κ3) is 1.30. The summed E-state index contributed by atoms with van der Waals surface area (Å²) in [6.07, 6.45) is 2.06. The molecule has 2 N–H and O–H groups in total. The van der Waals surface area contributed by atoms with E-state index < -0.39 is 0 Å². The van der Waals surface area contributed by atoms with Crippen LogP contribution in [0.2, 0.25) is 0 Å². The predicted molar refractivity (Wildman–Crippen MR) is 61.4 cm³/mol. The summed E-state index contributed by atoms with van der Waals surface area (Å²) in [6.45, 7) is 0. The molecule has 4 heteroatoms. The molecular weight excluding hydrogens is 204 g/mol. The van der Waals surface area contributed by atoms with Crippen molar-refractivity contribution in [3.05, 3.63) is 34.3 Å². The van der Waals surface area contributed by atoms with Gasteiger partial charge in [-0.25, -0.2) is 4.79 Å². The molecular formula is C12H14N2O2. The first-order valence-electron chi connectivity index (χ1n) is 5.50. The van der Waals surface area contributed by atoms with E-state index in [0.29, 0.717) is 17.5 Å². The van der Waals surface area contributed by atoms with Gasteiger partial charge < -0.3 is 10.2 Å². The highest BCUT2D eigenvalue weighted by Crippen LogP contribution is 2.36. The van der Waals surface area contributed by atoms with Crippen LogP contribution in [0.5, 0.6) is 0 Å². The highest BCUT2D eigenvalue weighted by atomic mass is 16.4. The van der Waals surface area contributed by atoms with Crippen LogP contribution < -0.4 is 11.5 Å². The zero-order valence-corrected chi connectivity index (χ0v) is 9.14. The minimum Gasteiger partial charge on any atom is -0.408 e. The van der Waals surface area contributed by atoms with E-state index in [9.17, 15) is 4.79 Å². The highest BCUT2D eigenvalue weighted by molar-refractivity contribution is 5.73. The van der Waals surface area contributed by atoms with Gasteiger partial charge in [-0.3, -0.25) is 4.57 Å². The van der Waals surface area contributed by atoms with Crippen LogP contribution in [-0.4, -0.2) is 10.6 Å². The van der Waals surface area contributed by atoms with E-state index in [4.69, 9.17) is 10.2 Å². The molecule has 0 spiro atoms. The molecule has 0 saturated heterocycles. The lowest BCUT2D eigenvalue weighted by molar-refractivity contribution is 0.351. The van der Waals surface area contributed by atoms with Gasteiger partial charge in [-0.15, -0.1) is 0 Å². The lowest BCUT2D eigenvalue weighted by Gasteiger charge is -2.32. The van der Waals surface area contributed by atoms with Crippen LogP contribution in [0.3, 0.4) is 0 Å². The fourth-order valence-corrected chi connectivity index (χ4v) is 2.34. The molecule has 1 saturated carbocycles. The lowest BCUT2D eigenvalue weighted by Crippen LogP contribution is -2.34. The predicted octanol–water partition coefficient (Wildman–Crippen LogP) is 1.34. The van der Waals surface area contributed by atoms with Gasteiger partial charge in [0.05, 0.1) is 5.52 Å². The van der Waals surface area contributed by atoms with Crippen molar-refractivity contribution in [2.75, 3.05) is 0 Å². The van der Waals surface area contributed by atoms with Crippen molar-refractivity contribution in [2.24, 2.45) is 12.8 Å². The molecule has 0 amide bonds.